The van der Waals surface area contributed by atoms with E-state index in [-0.39, 0.29) is 11.0 Å². The maximum absolute atomic E-state index is 12.9. The molecule has 0 aromatic heterocycles. The predicted octanol–water partition coefficient (Wildman–Crippen LogP) is 4.00. The van der Waals surface area contributed by atoms with E-state index in [9.17, 15) is 18.0 Å². The first-order valence-corrected chi connectivity index (χ1v) is 6.66. The van der Waals surface area contributed by atoms with E-state index >= 15 is 0 Å². The second-order valence-corrected chi connectivity index (χ2v) is 6.10. The van der Waals surface area contributed by atoms with Crippen LogP contribution in [0.5, 0.6) is 0 Å². The van der Waals surface area contributed by atoms with Gasteiger partial charge in [-0.3, -0.25) is 4.79 Å². The molecule has 104 valence electrons. The van der Waals surface area contributed by atoms with Crippen LogP contribution >= 0.6 is 15.9 Å². The average Bonchev–Trinajstić information content (AvgIpc) is 3.04. The summed E-state index contributed by atoms with van der Waals surface area (Å²) in [4.78, 5) is 11.9. The molecule has 1 N–H and O–H groups in total. The van der Waals surface area contributed by atoms with E-state index in [4.69, 9.17) is 0 Å². The third-order valence-electron chi connectivity index (χ3n) is 3.31. The quantitative estimate of drug-likeness (QED) is 0.888. The number of carbonyl (C=O) groups excluding carboxylic acids is 1. The summed E-state index contributed by atoms with van der Waals surface area (Å²) in [6.45, 7) is 2.42. The highest BCUT2D eigenvalue weighted by atomic mass is 79.9. The number of benzene rings is 1. The number of hydrogen-bond acceptors (Lipinski definition) is 1. The van der Waals surface area contributed by atoms with Crippen LogP contribution in [0.25, 0.3) is 0 Å². The summed E-state index contributed by atoms with van der Waals surface area (Å²) in [5, 5.41) is 2.58. The summed E-state index contributed by atoms with van der Waals surface area (Å²) in [6, 6.07) is 3.55. The molecule has 2 rings (SSSR count). The molecule has 0 spiro atoms. The number of amides is 1. The molecule has 0 bridgehead atoms. The smallest absolute Gasteiger partial charge is 0.351 e. The fourth-order valence-electron chi connectivity index (χ4n) is 1.73. The van der Waals surface area contributed by atoms with Crippen LogP contribution in [-0.2, 0) is 6.18 Å². The largest absolute Gasteiger partial charge is 0.417 e. The van der Waals surface area contributed by atoms with Crippen LogP contribution in [0.15, 0.2) is 22.7 Å². The maximum atomic E-state index is 12.9. The Kier molecular flexibility index (Phi) is 3.64. The van der Waals surface area contributed by atoms with Crippen molar-refractivity contribution in [3.63, 3.8) is 0 Å². The third kappa shape index (κ3) is 3.49. The van der Waals surface area contributed by atoms with Crippen molar-refractivity contribution in [3.05, 3.63) is 33.8 Å². The highest BCUT2D eigenvalue weighted by Crippen LogP contribution is 2.44. The van der Waals surface area contributed by atoms with Crippen molar-refractivity contribution in [1.29, 1.82) is 0 Å². The van der Waals surface area contributed by atoms with Crippen LogP contribution in [0.2, 0.25) is 0 Å². The van der Waals surface area contributed by atoms with Gasteiger partial charge in [0.15, 0.2) is 0 Å². The standard InChI is InChI=1S/C13H13BrF3NO/c1-12(4-5-12)7-18-11(19)9-3-2-8(14)6-10(9)13(15,16)17/h2-3,6H,4-5,7H2,1H3,(H,18,19). The summed E-state index contributed by atoms with van der Waals surface area (Å²) in [6.07, 6.45) is -2.54. The van der Waals surface area contributed by atoms with Crippen molar-refractivity contribution in [1.82, 2.24) is 5.32 Å². The number of halogens is 4. The Morgan fingerprint density at radius 1 is 1.42 bits per heavy atom. The predicted molar refractivity (Wildman–Crippen MR) is 68.8 cm³/mol. The second-order valence-electron chi connectivity index (χ2n) is 5.18. The zero-order chi connectivity index (χ0) is 14.3. The molecule has 0 atom stereocenters. The summed E-state index contributed by atoms with van der Waals surface area (Å²) >= 11 is 2.99. The molecule has 0 saturated heterocycles. The zero-order valence-electron chi connectivity index (χ0n) is 10.3. The first-order valence-electron chi connectivity index (χ1n) is 5.86. The molecule has 0 heterocycles. The molecule has 1 amide bonds. The van der Waals surface area contributed by atoms with E-state index in [1.54, 1.807) is 0 Å². The third-order valence-corrected chi connectivity index (χ3v) is 3.80. The van der Waals surface area contributed by atoms with Crippen LogP contribution in [0.1, 0.15) is 35.7 Å². The lowest BCUT2D eigenvalue weighted by atomic mass is 10.1. The van der Waals surface area contributed by atoms with Crippen molar-refractivity contribution in [2.24, 2.45) is 5.41 Å². The second kappa shape index (κ2) is 4.81. The van der Waals surface area contributed by atoms with Gasteiger partial charge in [-0.15, -0.1) is 0 Å². The Labute approximate surface area is 117 Å². The normalized spacial score (nSPS) is 17.1. The Balaban J connectivity index is 2.20. The number of rotatable bonds is 3. The zero-order valence-corrected chi connectivity index (χ0v) is 11.9. The lowest BCUT2D eigenvalue weighted by Crippen LogP contribution is -2.30. The molecular weight excluding hydrogens is 323 g/mol. The number of nitrogens with one attached hydrogen (secondary N) is 1. The average molecular weight is 336 g/mol. The van der Waals surface area contributed by atoms with Crippen LogP contribution in [0, 0.1) is 5.41 Å². The topological polar surface area (TPSA) is 29.1 Å². The lowest BCUT2D eigenvalue weighted by Gasteiger charge is -2.15. The van der Waals surface area contributed by atoms with E-state index < -0.39 is 17.6 Å². The molecule has 2 nitrogen and oxygen atoms in total. The first-order chi connectivity index (χ1) is 8.71. The SMILES string of the molecule is CC1(CNC(=O)c2ccc(Br)cc2C(F)(F)F)CC1. The van der Waals surface area contributed by atoms with Crippen molar-refractivity contribution in [2.75, 3.05) is 6.54 Å². The van der Waals surface area contributed by atoms with Crippen LogP contribution in [-0.4, -0.2) is 12.5 Å². The van der Waals surface area contributed by atoms with E-state index in [1.807, 2.05) is 6.92 Å². The summed E-state index contributed by atoms with van der Waals surface area (Å²) < 4.78 is 38.9. The van der Waals surface area contributed by atoms with Gasteiger partial charge in [0.05, 0.1) is 11.1 Å². The molecule has 0 aliphatic heterocycles. The molecule has 6 heteroatoms. The monoisotopic (exact) mass is 335 g/mol. The summed E-state index contributed by atoms with van der Waals surface area (Å²) in [5.41, 5.74) is -1.19. The van der Waals surface area contributed by atoms with E-state index in [0.717, 1.165) is 18.9 Å². The van der Waals surface area contributed by atoms with Gasteiger partial charge in [-0.05, 0) is 36.5 Å². The van der Waals surface area contributed by atoms with Gasteiger partial charge >= 0.3 is 6.18 Å². The molecule has 1 fully saturated rings. The van der Waals surface area contributed by atoms with Crippen molar-refractivity contribution in [2.45, 2.75) is 25.9 Å². The Hall–Kier alpha value is -1.04. The Bertz CT molecular complexity index is 509. The molecule has 0 unspecified atom stereocenters. The highest BCUT2D eigenvalue weighted by molar-refractivity contribution is 9.10. The van der Waals surface area contributed by atoms with Gasteiger partial charge in [-0.1, -0.05) is 22.9 Å². The van der Waals surface area contributed by atoms with E-state index in [1.165, 1.54) is 12.1 Å². The van der Waals surface area contributed by atoms with Gasteiger partial charge in [0, 0.05) is 11.0 Å². The van der Waals surface area contributed by atoms with Crippen molar-refractivity contribution >= 4 is 21.8 Å². The fraction of sp³-hybridized carbons (Fsp3) is 0.462. The summed E-state index contributed by atoms with van der Waals surface area (Å²) in [5.74, 6) is -0.673. The van der Waals surface area contributed by atoms with Gasteiger partial charge < -0.3 is 5.32 Å². The molecule has 1 aromatic rings. The van der Waals surface area contributed by atoms with Gasteiger partial charge in [-0.25, -0.2) is 0 Å². The molecule has 1 aliphatic carbocycles. The minimum Gasteiger partial charge on any atom is -0.351 e. The van der Waals surface area contributed by atoms with Gasteiger partial charge in [0.1, 0.15) is 0 Å². The molecule has 0 radical (unpaired) electrons. The number of alkyl halides is 3. The summed E-state index contributed by atoms with van der Waals surface area (Å²) in [7, 11) is 0. The molecular formula is C13H13BrF3NO. The van der Waals surface area contributed by atoms with Gasteiger partial charge in [0.2, 0.25) is 0 Å². The molecule has 1 aromatic carbocycles. The fourth-order valence-corrected chi connectivity index (χ4v) is 2.09. The number of hydrogen-bond donors (Lipinski definition) is 1. The first kappa shape index (κ1) is 14.4. The maximum Gasteiger partial charge on any atom is 0.417 e. The van der Waals surface area contributed by atoms with Gasteiger partial charge in [-0.2, -0.15) is 13.2 Å². The number of carbonyl (C=O) groups is 1. The van der Waals surface area contributed by atoms with E-state index in [0.29, 0.717) is 11.0 Å². The highest BCUT2D eigenvalue weighted by Gasteiger charge is 2.39. The Morgan fingerprint density at radius 2 is 2.05 bits per heavy atom. The van der Waals surface area contributed by atoms with Crippen molar-refractivity contribution in [3.8, 4) is 0 Å². The van der Waals surface area contributed by atoms with Crippen LogP contribution < -0.4 is 5.32 Å². The van der Waals surface area contributed by atoms with Crippen molar-refractivity contribution < 1.29 is 18.0 Å². The minimum atomic E-state index is -4.54. The van der Waals surface area contributed by atoms with Gasteiger partial charge in [0.25, 0.3) is 5.91 Å². The minimum absolute atomic E-state index is 0.0589. The van der Waals surface area contributed by atoms with E-state index in [2.05, 4.69) is 21.2 Å². The lowest BCUT2D eigenvalue weighted by molar-refractivity contribution is -0.138. The van der Waals surface area contributed by atoms with Crippen LogP contribution in [0.4, 0.5) is 13.2 Å². The Morgan fingerprint density at radius 3 is 2.58 bits per heavy atom. The van der Waals surface area contributed by atoms with Crippen LogP contribution in [0.3, 0.4) is 0 Å². The molecule has 1 aliphatic rings. The molecule has 1 saturated carbocycles. The molecule has 19 heavy (non-hydrogen) atoms.